The maximum absolute atomic E-state index is 6.84. The Morgan fingerprint density at radius 2 is 1.53 bits per heavy atom. The quantitative estimate of drug-likeness (QED) is 0.461. The lowest BCUT2D eigenvalue weighted by Crippen LogP contribution is -2.52. The van der Waals surface area contributed by atoms with Crippen molar-refractivity contribution in [2.45, 2.75) is 84.5 Å². The molecule has 0 spiro atoms. The highest BCUT2D eigenvalue weighted by molar-refractivity contribution is 6.80. The molecule has 0 aliphatic carbocycles. The van der Waals surface area contributed by atoms with Crippen LogP contribution in [0.5, 0.6) is 0 Å². The summed E-state index contributed by atoms with van der Waals surface area (Å²) in [6.07, 6.45) is 4.78. The van der Waals surface area contributed by atoms with Gasteiger partial charge in [0.05, 0.1) is 6.10 Å². The Hall–Kier alpha value is -0.0831. The average molecular weight is 283 g/mol. The average Bonchev–Trinajstić information content (AvgIpc) is 2.57. The van der Waals surface area contributed by atoms with Gasteiger partial charge in [-0.1, -0.05) is 67.5 Å². The number of allylic oxidation sites excluding steroid dienone is 1. The van der Waals surface area contributed by atoms with Crippen molar-refractivity contribution in [1.29, 1.82) is 0 Å². The van der Waals surface area contributed by atoms with E-state index in [-0.39, 0.29) is 10.1 Å². The van der Waals surface area contributed by atoms with E-state index in [0.29, 0.717) is 17.9 Å². The van der Waals surface area contributed by atoms with Crippen molar-refractivity contribution in [3.63, 3.8) is 0 Å². The minimum atomic E-state index is -1.81. The molecule has 1 fully saturated rings. The summed E-state index contributed by atoms with van der Waals surface area (Å²) in [6, 6.07) is 1.30. The number of rotatable bonds is 2. The number of hydrogen-bond acceptors (Lipinski definition) is 1. The van der Waals surface area contributed by atoms with Crippen molar-refractivity contribution in [2.24, 2.45) is 11.8 Å². The summed E-state index contributed by atoms with van der Waals surface area (Å²) in [6.45, 7) is 21.1. The third-order valence-corrected chi connectivity index (χ3v) is 11.5. The van der Waals surface area contributed by atoms with Gasteiger partial charge in [0.1, 0.15) is 0 Å². The fraction of sp³-hybridized carbons (Fsp3) is 0.882. The Bertz CT molecular complexity index is 316. The van der Waals surface area contributed by atoms with Crippen LogP contribution in [0.25, 0.3) is 0 Å². The van der Waals surface area contributed by atoms with Crippen molar-refractivity contribution in [3.8, 4) is 0 Å². The van der Waals surface area contributed by atoms with Crippen molar-refractivity contribution in [3.05, 3.63) is 12.2 Å². The van der Waals surface area contributed by atoms with Crippen molar-refractivity contribution in [1.82, 2.24) is 0 Å². The molecule has 0 amide bonds. The third kappa shape index (κ3) is 3.00. The van der Waals surface area contributed by atoms with Crippen LogP contribution in [0.15, 0.2) is 12.2 Å². The van der Waals surface area contributed by atoms with Gasteiger partial charge in [0.2, 0.25) is 8.32 Å². The van der Waals surface area contributed by atoms with Gasteiger partial charge in [0.25, 0.3) is 0 Å². The maximum atomic E-state index is 6.84. The molecule has 0 aromatic carbocycles. The maximum Gasteiger partial charge on any atom is 0.204 e. The summed E-state index contributed by atoms with van der Waals surface area (Å²) in [5.41, 5.74) is 0. The van der Waals surface area contributed by atoms with Gasteiger partial charge >= 0.3 is 0 Å². The zero-order chi connectivity index (χ0) is 15.1. The van der Waals surface area contributed by atoms with Crippen LogP contribution >= 0.6 is 0 Å². The molecule has 112 valence electrons. The van der Waals surface area contributed by atoms with Crippen molar-refractivity contribution >= 4 is 8.32 Å². The number of hydrogen-bond donors (Lipinski definition) is 0. The van der Waals surface area contributed by atoms with E-state index in [2.05, 4.69) is 74.5 Å². The summed E-state index contributed by atoms with van der Waals surface area (Å²) >= 11 is 0. The molecule has 0 N–H and O–H groups in total. The fourth-order valence-electron chi connectivity index (χ4n) is 3.89. The van der Waals surface area contributed by atoms with Crippen LogP contribution in [0.4, 0.5) is 0 Å². The molecule has 1 nitrogen and oxygen atoms in total. The van der Waals surface area contributed by atoms with Gasteiger partial charge in [-0.3, -0.25) is 0 Å². The van der Waals surface area contributed by atoms with E-state index in [4.69, 9.17) is 4.43 Å². The molecule has 2 heteroatoms. The van der Waals surface area contributed by atoms with Crippen LogP contribution < -0.4 is 0 Å². The molecule has 1 rings (SSSR count). The summed E-state index contributed by atoms with van der Waals surface area (Å²) in [4.78, 5) is 0. The first-order valence-electron chi connectivity index (χ1n) is 7.77. The Labute approximate surface area is 122 Å². The van der Waals surface area contributed by atoms with E-state index < -0.39 is 8.32 Å². The molecule has 2 atom stereocenters. The molecular weight excluding hydrogens is 248 g/mol. The van der Waals surface area contributed by atoms with Crippen LogP contribution in [0.2, 0.25) is 16.1 Å². The first kappa shape index (κ1) is 17.0. The molecule has 0 bridgehead atoms. The van der Waals surface area contributed by atoms with Gasteiger partial charge in [0.15, 0.2) is 0 Å². The molecule has 0 aromatic heterocycles. The monoisotopic (exact) mass is 282 g/mol. The molecule has 19 heavy (non-hydrogen) atoms. The van der Waals surface area contributed by atoms with Gasteiger partial charge in [-0.15, -0.1) is 0 Å². The van der Waals surface area contributed by atoms with Gasteiger partial charge in [-0.25, -0.2) is 0 Å². The Balaban J connectivity index is 3.24. The second-order valence-electron chi connectivity index (χ2n) is 8.55. The Kier molecular flexibility index (Phi) is 4.79. The second kappa shape index (κ2) is 5.36. The molecule has 0 unspecified atom stereocenters. The molecule has 1 heterocycles. The molecular formula is C17H34OSi. The molecule has 1 saturated heterocycles. The van der Waals surface area contributed by atoms with Crippen LogP contribution in [-0.4, -0.2) is 14.4 Å². The molecule has 0 radical (unpaired) electrons. The molecule has 0 aromatic rings. The first-order valence-corrected chi connectivity index (χ1v) is 9.88. The van der Waals surface area contributed by atoms with Crippen LogP contribution in [0.3, 0.4) is 0 Å². The smallest absolute Gasteiger partial charge is 0.204 e. The topological polar surface area (TPSA) is 9.23 Å². The minimum absolute atomic E-state index is 0.286. The third-order valence-electron chi connectivity index (χ3n) is 4.94. The van der Waals surface area contributed by atoms with E-state index in [1.807, 2.05) is 0 Å². The van der Waals surface area contributed by atoms with E-state index >= 15 is 0 Å². The molecule has 1 aliphatic heterocycles. The lowest BCUT2D eigenvalue weighted by molar-refractivity contribution is 0.181. The highest BCUT2D eigenvalue weighted by atomic mass is 28.4. The predicted octanol–water partition coefficient (Wildman–Crippen LogP) is 5.78. The van der Waals surface area contributed by atoms with Crippen molar-refractivity contribution < 1.29 is 4.43 Å². The normalized spacial score (nSPS) is 28.5. The Morgan fingerprint density at radius 1 is 1.05 bits per heavy atom. The fourth-order valence-corrected chi connectivity index (χ4v) is 10.3. The van der Waals surface area contributed by atoms with E-state index in [0.717, 1.165) is 0 Å². The van der Waals surface area contributed by atoms with E-state index in [1.54, 1.807) is 0 Å². The summed E-state index contributed by atoms with van der Waals surface area (Å²) < 4.78 is 6.84. The summed E-state index contributed by atoms with van der Waals surface area (Å²) in [5.74, 6) is 1.38. The van der Waals surface area contributed by atoms with E-state index in [9.17, 15) is 0 Å². The summed E-state index contributed by atoms with van der Waals surface area (Å²) in [5, 5.41) is 0.573. The lowest BCUT2D eigenvalue weighted by atomic mass is 9.92. The minimum Gasteiger partial charge on any atom is -0.409 e. The van der Waals surface area contributed by atoms with Gasteiger partial charge in [0, 0.05) is 0 Å². The van der Waals surface area contributed by atoms with Gasteiger partial charge in [-0.05, 0) is 34.9 Å². The zero-order valence-electron chi connectivity index (χ0n) is 14.5. The van der Waals surface area contributed by atoms with Crippen LogP contribution in [0.1, 0.15) is 62.3 Å². The van der Waals surface area contributed by atoms with Gasteiger partial charge in [-0.2, -0.15) is 0 Å². The van der Waals surface area contributed by atoms with Gasteiger partial charge < -0.3 is 4.43 Å². The standard InChI is InChI=1S/C17H34OSi/c1-10-11-15-14(13(2)3)12-19(18-15,16(4,5)6)17(7,8)9/h10-11,13-15H,12H2,1-9H3/b11-10-/t14-,15-/m1/s1. The first-order chi connectivity index (χ1) is 8.46. The predicted molar refractivity (Wildman–Crippen MR) is 88.0 cm³/mol. The Morgan fingerprint density at radius 3 is 1.84 bits per heavy atom. The second-order valence-corrected chi connectivity index (χ2v) is 13.8. The highest BCUT2D eigenvalue weighted by Gasteiger charge is 2.61. The van der Waals surface area contributed by atoms with E-state index in [1.165, 1.54) is 6.04 Å². The van der Waals surface area contributed by atoms with Crippen LogP contribution in [-0.2, 0) is 4.43 Å². The SMILES string of the molecule is C/C=C\[C@H]1O[Si](C(C)(C)C)(C(C)(C)C)C[C@@H]1C(C)C. The lowest BCUT2D eigenvalue weighted by Gasteiger charge is -2.48. The molecule has 0 saturated carbocycles. The highest BCUT2D eigenvalue weighted by Crippen LogP contribution is 2.60. The summed E-state index contributed by atoms with van der Waals surface area (Å²) in [7, 11) is -1.81. The van der Waals surface area contributed by atoms with Crippen LogP contribution in [0, 0.1) is 11.8 Å². The van der Waals surface area contributed by atoms with Crippen molar-refractivity contribution in [2.75, 3.05) is 0 Å². The molecule has 1 aliphatic rings. The largest absolute Gasteiger partial charge is 0.409 e. The zero-order valence-corrected chi connectivity index (χ0v) is 15.5.